The molecular weight excluding hydrogens is 340 g/mol. The minimum atomic E-state index is -0.274. The number of benzene rings is 2. The molecule has 1 heterocycles. The van der Waals surface area contributed by atoms with E-state index in [4.69, 9.17) is 10.5 Å². The van der Waals surface area contributed by atoms with Gasteiger partial charge in [0.2, 0.25) is 5.91 Å². The molecule has 0 aliphatic carbocycles. The molecule has 2 aromatic rings. The molecule has 1 atom stereocenters. The van der Waals surface area contributed by atoms with Gasteiger partial charge in [-0.05, 0) is 60.6 Å². The molecule has 1 aliphatic rings. The highest BCUT2D eigenvalue weighted by Crippen LogP contribution is 2.26. The molecule has 0 spiro atoms. The number of piperidine rings is 1. The molecular formula is C22H26N2O3. The standard InChI is InChI=1S/C22H26N2O3/c1-27-20-9-3-7-18(14-20)17-6-2-8-19(13-17)22(26)24-12-4-5-16(15-24)10-11-21(23)25/h2-3,6-9,13-14,16H,4-5,10-12,15H2,1H3,(H2,23,25). The van der Waals surface area contributed by atoms with E-state index in [0.29, 0.717) is 24.4 Å². The molecule has 27 heavy (non-hydrogen) atoms. The van der Waals surface area contributed by atoms with Gasteiger partial charge in [0, 0.05) is 25.1 Å². The first-order valence-corrected chi connectivity index (χ1v) is 9.39. The van der Waals surface area contributed by atoms with Crippen molar-refractivity contribution in [1.82, 2.24) is 4.90 Å². The summed E-state index contributed by atoms with van der Waals surface area (Å²) in [6, 6.07) is 15.5. The van der Waals surface area contributed by atoms with Crippen LogP contribution in [0.4, 0.5) is 0 Å². The fourth-order valence-corrected chi connectivity index (χ4v) is 3.65. The van der Waals surface area contributed by atoms with Crippen molar-refractivity contribution < 1.29 is 14.3 Å². The van der Waals surface area contributed by atoms with E-state index in [0.717, 1.165) is 42.7 Å². The highest BCUT2D eigenvalue weighted by atomic mass is 16.5. The zero-order valence-corrected chi connectivity index (χ0v) is 15.7. The molecule has 0 aromatic heterocycles. The molecule has 0 radical (unpaired) electrons. The Morgan fingerprint density at radius 1 is 1.15 bits per heavy atom. The Morgan fingerprint density at radius 2 is 1.89 bits per heavy atom. The van der Waals surface area contributed by atoms with Crippen LogP contribution >= 0.6 is 0 Å². The van der Waals surface area contributed by atoms with E-state index in [9.17, 15) is 9.59 Å². The molecule has 1 aliphatic heterocycles. The van der Waals surface area contributed by atoms with Crippen molar-refractivity contribution in [3.05, 3.63) is 54.1 Å². The third-order valence-electron chi connectivity index (χ3n) is 5.12. The fraction of sp³-hybridized carbons (Fsp3) is 0.364. The van der Waals surface area contributed by atoms with Crippen molar-refractivity contribution in [3.63, 3.8) is 0 Å². The van der Waals surface area contributed by atoms with Crippen LogP contribution in [0.3, 0.4) is 0 Å². The molecule has 1 saturated heterocycles. The molecule has 0 bridgehead atoms. The highest BCUT2D eigenvalue weighted by molar-refractivity contribution is 5.95. The molecule has 2 N–H and O–H groups in total. The van der Waals surface area contributed by atoms with Crippen molar-refractivity contribution in [1.29, 1.82) is 0 Å². The maximum absolute atomic E-state index is 13.0. The van der Waals surface area contributed by atoms with Gasteiger partial charge in [-0.3, -0.25) is 9.59 Å². The average molecular weight is 366 g/mol. The summed E-state index contributed by atoms with van der Waals surface area (Å²) in [5.74, 6) is 0.905. The van der Waals surface area contributed by atoms with Gasteiger partial charge < -0.3 is 15.4 Å². The van der Waals surface area contributed by atoms with E-state index in [1.54, 1.807) is 7.11 Å². The van der Waals surface area contributed by atoms with E-state index < -0.39 is 0 Å². The van der Waals surface area contributed by atoms with Crippen LogP contribution in [0.25, 0.3) is 11.1 Å². The van der Waals surface area contributed by atoms with Crippen LogP contribution in [0, 0.1) is 5.92 Å². The SMILES string of the molecule is COc1cccc(-c2cccc(C(=O)N3CCCC(CCC(N)=O)C3)c2)c1. The number of methoxy groups -OCH3 is 1. The van der Waals surface area contributed by atoms with Crippen molar-refractivity contribution in [2.45, 2.75) is 25.7 Å². The third-order valence-corrected chi connectivity index (χ3v) is 5.12. The highest BCUT2D eigenvalue weighted by Gasteiger charge is 2.24. The summed E-state index contributed by atoms with van der Waals surface area (Å²) >= 11 is 0. The predicted molar refractivity (Wildman–Crippen MR) is 105 cm³/mol. The molecule has 0 saturated carbocycles. The van der Waals surface area contributed by atoms with E-state index in [1.807, 2.05) is 53.4 Å². The number of nitrogens with two attached hydrogens (primary N) is 1. The predicted octanol–water partition coefficient (Wildman–Crippen LogP) is 3.48. The average Bonchev–Trinajstić information content (AvgIpc) is 2.72. The number of nitrogens with zero attached hydrogens (tertiary/aromatic N) is 1. The minimum Gasteiger partial charge on any atom is -0.497 e. The van der Waals surface area contributed by atoms with Gasteiger partial charge in [-0.2, -0.15) is 0 Å². The molecule has 2 aromatic carbocycles. The lowest BCUT2D eigenvalue weighted by Crippen LogP contribution is -2.40. The number of primary amides is 1. The first-order valence-electron chi connectivity index (χ1n) is 9.39. The fourth-order valence-electron chi connectivity index (χ4n) is 3.65. The third kappa shape index (κ3) is 4.88. The number of carbonyl (C=O) groups is 2. The number of hydrogen-bond donors (Lipinski definition) is 1. The van der Waals surface area contributed by atoms with Gasteiger partial charge in [0.15, 0.2) is 0 Å². The van der Waals surface area contributed by atoms with Crippen LogP contribution in [0.2, 0.25) is 0 Å². The molecule has 1 unspecified atom stereocenters. The Bertz CT molecular complexity index is 819. The van der Waals surface area contributed by atoms with Crippen LogP contribution in [-0.2, 0) is 4.79 Å². The van der Waals surface area contributed by atoms with E-state index in [-0.39, 0.29) is 11.8 Å². The Kier molecular flexibility index (Phi) is 6.12. The summed E-state index contributed by atoms with van der Waals surface area (Å²) in [6.45, 7) is 1.45. The molecule has 142 valence electrons. The number of rotatable bonds is 6. The Labute approximate surface area is 160 Å². The van der Waals surface area contributed by atoms with Crippen LogP contribution in [-0.4, -0.2) is 36.9 Å². The van der Waals surface area contributed by atoms with Crippen LogP contribution in [0.1, 0.15) is 36.0 Å². The van der Waals surface area contributed by atoms with E-state index >= 15 is 0 Å². The van der Waals surface area contributed by atoms with Gasteiger partial charge in [0.05, 0.1) is 7.11 Å². The molecule has 3 rings (SSSR count). The zero-order valence-electron chi connectivity index (χ0n) is 15.7. The van der Waals surface area contributed by atoms with Gasteiger partial charge in [-0.1, -0.05) is 24.3 Å². The smallest absolute Gasteiger partial charge is 0.253 e. The van der Waals surface area contributed by atoms with Gasteiger partial charge >= 0.3 is 0 Å². The van der Waals surface area contributed by atoms with Crippen molar-refractivity contribution in [3.8, 4) is 16.9 Å². The maximum Gasteiger partial charge on any atom is 0.253 e. The van der Waals surface area contributed by atoms with Gasteiger partial charge in [-0.15, -0.1) is 0 Å². The van der Waals surface area contributed by atoms with Crippen molar-refractivity contribution in [2.24, 2.45) is 11.7 Å². The maximum atomic E-state index is 13.0. The molecule has 1 fully saturated rings. The molecule has 2 amide bonds. The van der Waals surface area contributed by atoms with E-state index in [1.165, 1.54) is 0 Å². The zero-order chi connectivity index (χ0) is 19.2. The van der Waals surface area contributed by atoms with Crippen LogP contribution in [0.15, 0.2) is 48.5 Å². The summed E-state index contributed by atoms with van der Waals surface area (Å²) < 4.78 is 5.29. The van der Waals surface area contributed by atoms with Crippen molar-refractivity contribution in [2.75, 3.05) is 20.2 Å². The first-order chi connectivity index (χ1) is 13.1. The minimum absolute atomic E-state index is 0.0449. The van der Waals surface area contributed by atoms with Gasteiger partial charge in [0.25, 0.3) is 5.91 Å². The van der Waals surface area contributed by atoms with Gasteiger partial charge in [-0.25, -0.2) is 0 Å². The number of carbonyl (C=O) groups excluding carboxylic acids is 2. The van der Waals surface area contributed by atoms with E-state index in [2.05, 4.69) is 0 Å². The quantitative estimate of drug-likeness (QED) is 0.851. The summed E-state index contributed by atoms with van der Waals surface area (Å²) in [7, 11) is 1.64. The van der Waals surface area contributed by atoms with Crippen molar-refractivity contribution >= 4 is 11.8 Å². The van der Waals surface area contributed by atoms with Gasteiger partial charge in [0.1, 0.15) is 5.75 Å². The Morgan fingerprint density at radius 3 is 2.63 bits per heavy atom. The lowest BCUT2D eigenvalue weighted by Gasteiger charge is -2.32. The second-order valence-corrected chi connectivity index (χ2v) is 7.08. The second-order valence-electron chi connectivity index (χ2n) is 7.08. The van der Waals surface area contributed by atoms with Crippen LogP contribution < -0.4 is 10.5 Å². The molecule has 5 nitrogen and oxygen atoms in total. The Balaban J connectivity index is 1.74. The Hall–Kier alpha value is -2.82. The summed E-state index contributed by atoms with van der Waals surface area (Å²) in [5.41, 5.74) is 7.95. The molecule has 5 heteroatoms. The van der Waals surface area contributed by atoms with Crippen LogP contribution in [0.5, 0.6) is 5.75 Å². The number of amides is 2. The monoisotopic (exact) mass is 366 g/mol. The summed E-state index contributed by atoms with van der Waals surface area (Å²) in [4.78, 5) is 25.9. The lowest BCUT2D eigenvalue weighted by molar-refractivity contribution is -0.118. The summed E-state index contributed by atoms with van der Waals surface area (Å²) in [5, 5.41) is 0. The largest absolute Gasteiger partial charge is 0.497 e. The summed E-state index contributed by atoms with van der Waals surface area (Å²) in [6.07, 6.45) is 3.15. The number of likely N-dealkylation sites (tertiary alicyclic amines) is 1. The lowest BCUT2D eigenvalue weighted by atomic mass is 9.92. The normalized spacial score (nSPS) is 16.8. The second kappa shape index (κ2) is 8.71. The number of hydrogen-bond acceptors (Lipinski definition) is 3. The topological polar surface area (TPSA) is 72.6 Å². The first kappa shape index (κ1) is 19.0. The number of ether oxygens (including phenoxy) is 1.